The summed E-state index contributed by atoms with van der Waals surface area (Å²) in [5.74, 6) is 3.43. The molecule has 2 atom stereocenters. The van der Waals surface area contributed by atoms with Crippen molar-refractivity contribution in [3.05, 3.63) is 17.1 Å². The van der Waals surface area contributed by atoms with Crippen LogP contribution in [0.15, 0.2) is 0 Å². The number of hydrogen-bond donors (Lipinski definition) is 1. The van der Waals surface area contributed by atoms with Crippen LogP contribution in [0.3, 0.4) is 0 Å². The number of rotatable bonds is 3. The van der Waals surface area contributed by atoms with E-state index >= 15 is 0 Å². The largest absolute Gasteiger partial charge is 0.376 e. The first-order valence-electron chi connectivity index (χ1n) is 7.49. The second-order valence-corrected chi connectivity index (χ2v) is 5.80. The van der Waals surface area contributed by atoms with Crippen molar-refractivity contribution >= 4 is 5.82 Å². The van der Waals surface area contributed by atoms with Crippen LogP contribution in [0.25, 0.3) is 0 Å². The fourth-order valence-corrected chi connectivity index (χ4v) is 3.19. The number of ether oxygens (including phenoxy) is 1. The highest BCUT2D eigenvalue weighted by Gasteiger charge is 2.27. The first-order valence-corrected chi connectivity index (χ1v) is 7.49. The van der Waals surface area contributed by atoms with Gasteiger partial charge in [0.2, 0.25) is 0 Å². The average Bonchev–Trinajstić information content (AvgIpc) is 2.86. The van der Waals surface area contributed by atoms with Crippen molar-refractivity contribution < 1.29 is 4.74 Å². The first-order chi connectivity index (χ1) is 9.28. The molecule has 2 unspecified atom stereocenters. The molecule has 0 aromatic carbocycles. The van der Waals surface area contributed by atoms with Gasteiger partial charge in [0.1, 0.15) is 11.6 Å². The third-order valence-corrected chi connectivity index (χ3v) is 4.24. The summed E-state index contributed by atoms with van der Waals surface area (Å²) in [5, 5.41) is 3.38. The summed E-state index contributed by atoms with van der Waals surface area (Å²) in [6.45, 7) is 6.77. The van der Waals surface area contributed by atoms with Crippen molar-refractivity contribution in [3.8, 4) is 0 Å². The molecule has 1 aliphatic heterocycles. The van der Waals surface area contributed by atoms with Gasteiger partial charge in [0, 0.05) is 24.4 Å². The van der Waals surface area contributed by atoms with Crippen molar-refractivity contribution in [1.82, 2.24) is 9.97 Å². The lowest BCUT2D eigenvalue weighted by molar-refractivity contribution is 0.109. The van der Waals surface area contributed by atoms with Crippen LogP contribution < -0.4 is 5.32 Å². The number of nitrogens with one attached hydrogen (secondary N) is 1. The van der Waals surface area contributed by atoms with E-state index in [9.17, 15) is 0 Å². The third kappa shape index (κ3) is 2.59. The molecule has 1 aromatic rings. The van der Waals surface area contributed by atoms with Crippen LogP contribution in [0.1, 0.15) is 56.1 Å². The van der Waals surface area contributed by atoms with E-state index in [0.29, 0.717) is 12.5 Å². The van der Waals surface area contributed by atoms with Gasteiger partial charge in [-0.2, -0.15) is 0 Å². The van der Waals surface area contributed by atoms with E-state index in [1.54, 1.807) is 0 Å². The number of aromatic nitrogens is 2. The lowest BCUT2D eigenvalue weighted by atomic mass is 10.0. The summed E-state index contributed by atoms with van der Waals surface area (Å²) < 4.78 is 5.55. The Morgan fingerprint density at radius 3 is 2.95 bits per heavy atom. The van der Waals surface area contributed by atoms with Crippen molar-refractivity contribution in [2.45, 2.75) is 52.1 Å². The molecule has 1 aromatic heterocycles. The summed E-state index contributed by atoms with van der Waals surface area (Å²) in [4.78, 5) is 9.63. The van der Waals surface area contributed by atoms with E-state index in [4.69, 9.17) is 14.7 Å². The fraction of sp³-hybridized carbons (Fsp3) is 0.733. The monoisotopic (exact) mass is 261 g/mol. The molecule has 4 heteroatoms. The zero-order chi connectivity index (χ0) is 13.2. The fourth-order valence-electron chi connectivity index (χ4n) is 3.19. The number of fused-ring (bicyclic) bond motifs is 1. The van der Waals surface area contributed by atoms with Gasteiger partial charge in [-0.25, -0.2) is 9.97 Å². The molecule has 19 heavy (non-hydrogen) atoms. The molecule has 2 heterocycles. The number of nitrogens with zero attached hydrogens (tertiary/aromatic N) is 2. The van der Waals surface area contributed by atoms with E-state index in [0.717, 1.165) is 37.1 Å². The van der Waals surface area contributed by atoms with E-state index < -0.39 is 0 Å². The molecule has 0 bridgehead atoms. The SMILES string of the molecule is CCNc1nc(C2CCC(C)C2)nc2c1COCC2. The van der Waals surface area contributed by atoms with Crippen LogP contribution >= 0.6 is 0 Å². The minimum atomic E-state index is 0.556. The summed E-state index contributed by atoms with van der Waals surface area (Å²) in [7, 11) is 0. The summed E-state index contributed by atoms with van der Waals surface area (Å²) in [5.41, 5.74) is 2.37. The van der Waals surface area contributed by atoms with Crippen molar-refractivity contribution in [1.29, 1.82) is 0 Å². The Morgan fingerprint density at radius 1 is 1.32 bits per heavy atom. The highest BCUT2D eigenvalue weighted by Crippen LogP contribution is 2.37. The maximum atomic E-state index is 5.55. The Labute approximate surface area is 115 Å². The van der Waals surface area contributed by atoms with Crippen LogP contribution in [0.4, 0.5) is 5.82 Å². The number of anilines is 1. The average molecular weight is 261 g/mol. The predicted octanol–water partition coefficient (Wildman–Crippen LogP) is 2.88. The minimum Gasteiger partial charge on any atom is -0.376 e. The van der Waals surface area contributed by atoms with Crippen molar-refractivity contribution in [3.63, 3.8) is 0 Å². The Kier molecular flexibility index (Phi) is 3.69. The highest BCUT2D eigenvalue weighted by molar-refractivity contribution is 5.47. The topological polar surface area (TPSA) is 47.0 Å². The van der Waals surface area contributed by atoms with Gasteiger partial charge in [0.25, 0.3) is 0 Å². The summed E-state index contributed by atoms with van der Waals surface area (Å²) in [6.07, 6.45) is 4.71. The molecule has 1 N–H and O–H groups in total. The second-order valence-electron chi connectivity index (χ2n) is 5.80. The zero-order valence-corrected chi connectivity index (χ0v) is 11.9. The molecular formula is C15H23N3O. The van der Waals surface area contributed by atoms with Crippen LogP contribution in [-0.2, 0) is 17.8 Å². The van der Waals surface area contributed by atoms with Gasteiger partial charge in [-0.1, -0.05) is 6.92 Å². The van der Waals surface area contributed by atoms with E-state index in [1.165, 1.54) is 30.5 Å². The van der Waals surface area contributed by atoms with Gasteiger partial charge in [0.05, 0.1) is 18.9 Å². The van der Waals surface area contributed by atoms with E-state index in [1.807, 2.05) is 0 Å². The number of hydrogen-bond acceptors (Lipinski definition) is 4. The summed E-state index contributed by atoms with van der Waals surface area (Å²) in [6, 6.07) is 0. The van der Waals surface area contributed by atoms with Gasteiger partial charge in [0.15, 0.2) is 0 Å². The van der Waals surface area contributed by atoms with Gasteiger partial charge in [-0.05, 0) is 32.1 Å². The van der Waals surface area contributed by atoms with Crippen molar-refractivity contribution in [2.75, 3.05) is 18.5 Å². The van der Waals surface area contributed by atoms with Gasteiger partial charge in [-0.3, -0.25) is 0 Å². The van der Waals surface area contributed by atoms with Crippen molar-refractivity contribution in [2.24, 2.45) is 5.92 Å². The molecule has 0 radical (unpaired) electrons. The smallest absolute Gasteiger partial charge is 0.135 e. The molecule has 2 aliphatic rings. The maximum Gasteiger partial charge on any atom is 0.135 e. The molecule has 1 fully saturated rings. The lowest BCUT2D eigenvalue weighted by Crippen LogP contribution is -2.19. The standard InChI is InChI=1S/C15H23N3O/c1-3-16-15-12-9-19-7-6-13(12)17-14(18-15)11-5-4-10(2)8-11/h10-11H,3-9H2,1-2H3,(H,16,17,18). The Hall–Kier alpha value is -1.16. The third-order valence-electron chi connectivity index (χ3n) is 4.24. The maximum absolute atomic E-state index is 5.55. The molecule has 1 aliphatic carbocycles. The Morgan fingerprint density at radius 2 is 2.21 bits per heavy atom. The quantitative estimate of drug-likeness (QED) is 0.909. The van der Waals surface area contributed by atoms with Crippen LogP contribution in [0.2, 0.25) is 0 Å². The predicted molar refractivity (Wildman–Crippen MR) is 75.3 cm³/mol. The van der Waals surface area contributed by atoms with E-state index in [-0.39, 0.29) is 0 Å². The molecule has 4 nitrogen and oxygen atoms in total. The van der Waals surface area contributed by atoms with Gasteiger partial charge >= 0.3 is 0 Å². The molecule has 0 spiro atoms. The summed E-state index contributed by atoms with van der Waals surface area (Å²) >= 11 is 0. The molecule has 3 rings (SSSR count). The van der Waals surface area contributed by atoms with Crippen LogP contribution in [0.5, 0.6) is 0 Å². The Balaban J connectivity index is 1.94. The molecule has 1 saturated carbocycles. The molecule has 0 amide bonds. The molecule has 104 valence electrons. The highest BCUT2D eigenvalue weighted by atomic mass is 16.5. The van der Waals surface area contributed by atoms with Crippen LogP contribution in [-0.4, -0.2) is 23.1 Å². The normalized spacial score (nSPS) is 26.2. The van der Waals surface area contributed by atoms with Gasteiger partial charge < -0.3 is 10.1 Å². The molecule has 0 saturated heterocycles. The second kappa shape index (κ2) is 5.45. The van der Waals surface area contributed by atoms with Gasteiger partial charge in [-0.15, -0.1) is 0 Å². The Bertz CT molecular complexity index is 461. The molecular weight excluding hydrogens is 238 g/mol. The zero-order valence-electron chi connectivity index (χ0n) is 11.9. The minimum absolute atomic E-state index is 0.556. The van der Waals surface area contributed by atoms with Crippen LogP contribution in [0, 0.1) is 5.92 Å². The lowest BCUT2D eigenvalue weighted by Gasteiger charge is -2.21. The first kappa shape index (κ1) is 12.9. The van der Waals surface area contributed by atoms with E-state index in [2.05, 4.69) is 19.2 Å².